The van der Waals surface area contributed by atoms with E-state index in [2.05, 4.69) is 10.2 Å². The Morgan fingerprint density at radius 1 is 1.53 bits per heavy atom. The third-order valence-electron chi connectivity index (χ3n) is 3.77. The highest BCUT2D eigenvalue weighted by Crippen LogP contribution is 2.30. The fourth-order valence-electron chi connectivity index (χ4n) is 2.27. The number of carboxylic acids is 1. The van der Waals surface area contributed by atoms with E-state index in [1.807, 2.05) is 23.4 Å². The summed E-state index contributed by atoms with van der Waals surface area (Å²) in [6.07, 6.45) is 1.61. The number of carbonyl (C=O) groups is 1. The number of likely N-dealkylation sites (tertiary alicyclic amines) is 1. The molecule has 0 radical (unpaired) electrons. The van der Waals surface area contributed by atoms with Crippen molar-refractivity contribution in [2.45, 2.75) is 38.8 Å². The summed E-state index contributed by atoms with van der Waals surface area (Å²) in [6, 6.07) is 0. The number of aliphatic carboxylic acids is 1. The summed E-state index contributed by atoms with van der Waals surface area (Å²) in [5.74, 6) is 0.905. The van der Waals surface area contributed by atoms with Crippen molar-refractivity contribution in [3.63, 3.8) is 0 Å². The van der Waals surface area contributed by atoms with E-state index in [-0.39, 0.29) is 0 Å². The number of aryl methyl sites for hydroxylation is 1. The normalized spacial score (nSPS) is 25.4. The molecule has 6 nitrogen and oxygen atoms in total. The molecule has 1 aromatic rings. The molecule has 1 aromatic heterocycles. The average Bonchev–Trinajstić information content (AvgIpc) is 2.78. The van der Waals surface area contributed by atoms with Gasteiger partial charge in [0.05, 0.1) is 6.54 Å². The van der Waals surface area contributed by atoms with E-state index in [0.717, 1.165) is 24.6 Å². The zero-order chi connectivity index (χ0) is 12.6. The van der Waals surface area contributed by atoms with Crippen LogP contribution in [0.25, 0.3) is 0 Å². The molecule has 94 valence electrons. The predicted octanol–water partition coefficient (Wildman–Crippen LogP) is 0.563. The van der Waals surface area contributed by atoms with Crippen LogP contribution in [-0.2, 0) is 18.4 Å². The lowest BCUT2D eigenvalue weighted by atomic mass is 9.99. The van der Waals surface area contributed by atoms with Gasteiger partial charge in [0, 0.05) is 7.05 Å². The first-order chi connectivity index (χ1) is 7.95. The molecule has 1 fully saturated rings. The highest BCUT2D eigenvalue weighted by Gasteiger charge is 2.43. The van der Waals surface area contributed by atoms with Crippen LogP contribution in [0, 0.1) is 6.92 Å². The smallest absolute Gasteiger partial charge is 0.323 e. The van der Waals surface area contributed by atoms with Crippen LogP contribution in [0.4, 0.5) is 0 Å². The Labute approximate surface area is 100 Å². The Morgan fingerprint density at radius 2 is 2.24 bits per heavy atom. The molecule has 1 N–H and O–H groups in total. The first-order valence-electron chi connectivity index (χ1n) is 5.78. The number of hydrogen-bond acceptors (Lipinski definition) is 4. The average molecular weight is 238 g/mol. The molecule has 1 aliphatic heterocycles. The summed E-state index contributed by atoms with van der Waals surface area (Å²) >= 11 is 0. The van der Waals surface area contributed by atoms with Gasteiger partial charge in [-0.25, -0.2) is 0 Å². The standard InChI is InChI=1S/C11H18N4O2/c1-8-12-13-9(14(8)3)7-15-6-4-5-11(15,2)10(16)17/h4-7H2,1-3H3,(H,16,17). The molecule has 0 spiro atoms. The van der Waals surface area contributed by atoms with E-state index in [1.165, 1.54) is 0 Å². The number of aromatic nitrogens is 3. The zero-order valence-corrected chi connectivity index (χ0v) is 10.5. The molecule has 1 aliphatic rings. The van der Waals surface area contributed by atoms with E-state index in [4.69, 9.17) is 0 Å². The Hall–Kier alpha value is -1.43. The third-order valence-corrected chi connectivity index (χ3v) is 3.77. The van der Waals surface area contributed by atoms with Crippen LogP contribution in [0.3, 0.4) is 0 Å². The Balaban J connectivity index is 2.19. The van der Waals surface area contributed by atoms with Crippen LogP contribution >= 0.6 is 0 Å². The first kappa shape index (κ1) is 12.0. The second-order valence-corrected chi connectivity index (χ2v) is 4.83. The molecular formula is C11H18N4O2. The van der Waals surface area contributed by atoms with Crippen molar-refractivity contribution in [1.29, 1.82) is 0 Å². The lowest BCUT2D eigenvalue weighted by molar-refractivity contribution is -0.149. The highest BCUT2D eigenvalue weighted by atomic mass is 16.4. The Kier molecular flexibility index (Phi) is 2.91. The fourth-order valence-corrected chi connectivity index (χ4v) is 2.27. The van der Waals surface area contributed by atoms with Crippen LogP contribution in [0.15, 0.2) is 0 Å². The van der Waals surface area contributed by atoms with E-state index >= 15 is 0 Å². The summed E-state index contributed by atoms with van der Waals surface area (Å²) < 4.78 is 1.90. The molecule has 0 saturated carbocycles. The van der Waals surface area contributed by atoms with Gasteiger partial charge in [0.15, 0.2) is 0 Å². The summed E-state index contributed by atoms with van der Waals surface area (Å²) in [7, 11) is 1.90. The van der Waals surface area contributed by atoms with Crippen LogP contribution in [0.5, 0.6) is 0 Å². The maximum Gasteiger partial charge on any atom is 0.323 e. The minimum atomic E-state index is -0.764. The summed E-state index contributed by atoms with van der Waals surface area (Å²) in [5, 5.41) is 17.4. The maximum atomic E-state index is 11.3. The van der Waals surface area contributed by atoms with Gasteiger partial charge in [-0.3, -0.25) is 9.69 Å². The second-order valence-electron chi connectivity index (χ2n) is 4.83. The quantitative estimate of drug-likeness (QED) is 0.833. The zero-order valence-electron chi connectivity index (χ0n) is 10.5. The number of carboxylic acid groups (broad SMARTS) is 1. The van der Waals surface area contributed by atoms with Gasteiger partial charge >= 0.3 is 5.97 Å². The SMILES string of the molecule is Cc1nnc(CN2CCCC2(C)C(=O)O)n1C. The maximum absolute atomic E-state index is 11.3. The van der Waals surface area contributed by atoms with Gasteiger partial charge in [0.25, 0.3) is 0 Å². The minimum absolute atomic E-state index is 0.542. The van der Waals surface area contributed by atoms with Crippen LogP contribution in [-0.4, -0.2) is 42.8 Å². The van der Waals surface area contributed by atoms with Gasteiger partial charge in [-0.1, -0.05) is 0 Å². The topological polar surface area (TPSA) is 71.2 Å². The van der Waals surface area contributed by atoms with Gasteiger partial charge in [0.2, 0.25) is 0 Å². The minimum Gasteiger partial charge on any atom is -0.480 e. The van der Waals surface area contributed by atoms with E-state index in [1.54, 1.807) is 6.92 Å². The van der Waals surface area contributed by atoms with E-state index in [0.29, 0.717) is 13.0 Å². The Morgan fingerprint density at radius 3 is 2.76 bits per heavy atom. The number of hydrogen-bond donors (Lipinski definition) is 1. The van der Waals surface area contributed by atoms with Gasteiger partial charge in [-0.2, -0.15) is 0 Å². The number of rotatable bonds is 3. The van der Waals surface area contributed by atoms with Crippen molar-refractivity contribution in [3.05, 3.63) is 11.6 Å². The molecule has 17 heavy (non-hydrogen) atoms. The van der Waals surface area contributed by atoms with Crippen molar-refractivity contribution in [1.82, 2.24) is 19.7 Å². The second kappa shape index (κ2) is 4.10. The summed E-state index contributed by atoms with van der Waals surface area (Å²) in [4.78, 5) is 13.3. The largest absolute Gasteiger partial charge is 0.480 e. The molecule has 0 bridgehead atoms. The van der Waals surface area contributed by atoms with Crippen molar-refractivity contribution in [3.8, 4) is 0 Å². The molecule has 6 heteroatoms. The van der Waals surface area contributed by atoms with E-state index < -0.39 is 11.5 Å². The number of nitrogens with zero attached hydrogens (tertiary/aromatic N) is 4. The predicted molar refractivity (Wildman–Crippen MR) is 61.4 cm³/mol. The molecule has 1 saturated heterocycles. The molecule has 2 heterocycles. The first-order valence-corrected chi connectivity index (χ1v) is 5.78. The van der Waals surface area contributed by atoms with Crippen molar-refractivity contribution in [2.75, 3.05) is 6.54 Å². The van der Waals surface area contributed by atoms with Crippen molar-refractivity contribution in [2.24, 2.45) is 7.05 Å². The van der Waals surface area contributed by atoms with Crippen LogP contribution in [0.2, 0.25) is 0 Å². The van der Waals surface area contributed by atoms with Crippen LogP contribution < -0.4 is 0 Å². The van der Waals surface area contributed by atoms with E-state index in [9.17, 15) is 9.90 Å². The molecule has 0 aliphatic carbocycles. The molecule has 1 unspecified atom stereocenters. The molecule has 1 atom stereocenters. The lowest BCUT2D eigenvalue weighted by Gasteiger charge is -2.30. The third kappa shape index (κ3) is 1.93. The highest BCUT2D eigenvalue weighted by molar-refractivity contribution is 5.78. The van der Waals surface area contributed by atoms with Gasteiger partial charge < -0.3 is 9.67 Å². The van der Waals surface area contributed by atoms with Gasteiger partial charge in [-0.05, 0) is 33.2 Å². The van der Waals surface area contributed by atoms with Gasteiger partial charge in [-0.15, -0.1) is 10.2 Å². The lowest BCUT2D eigenvalue weighted by Crippen LogP contribution is -2.47. The molecule has 0 amide bonds. The molecule has 2 rings (SSSR count). The molecular weight excluding hydrogens is 220 g/mol. The fraction of sp³-hybridized carbons (Fsp3) is 0.727. The summed E-state index contributed by atoms with van der Waals surface area (Å²) in [5.41, 5.74) is -0.764. The molecule has 0 aromatic carbocycles. The van der Waals surface area contributed by atoms with Gasteiger partial charge in [0.1, 0.15) is 17.2 Å². The monoisotopic (exact) mass is 238 g/mol. The summed E-state index contributed by atoms with van der Waals surface area (Å²) in [6.45, 7) is 5.01. The van der Waals surface area contributed by atoms with Crippen LogP contribution in [0.1, 0.15) is 31.4 Å². The van der Waals surface area contributed by atoms with Crippen molar-refractivity contribution < 1.29 is 9.90 Å². The Bertz CT molecular complexity index is 443. The van der Waals surface area contributed by atoms with Crippen molar-refractivity contribution >= 4 is 5.97 Å².